The van der Waals surface area contributed by atoms with Gasteiger partial charge < -0.3 is 4.98 Å². The summed E-state index contributed by atoms with van der Waals surface area (Å²) in [6.07, 6.45) is 0. The number of thiazole rings is 1. The Morgan fingerprint density at radius 2 is 1.85 bits per heavy atom. The van der Waals surface area contributed by atoms with E-state index in [1.54, 1.807) is 0 Å². The van der Waals surface area contributed by atoms with Crippen molar-refractivity contribution in [2.24, 2.45) is 0 Å². The number of aromatic nitrogens is 2. The molecule has 0 radical (unpaired) electrons. The molecular formula is C20H20N2O2S2. The zero-order valence-corrected chi connectivity index (χ0v) is 16.8. The van der Waals surface area contributed by atoms with Crippen molar-refractivity contribution >= 4 is 34.7 Å². The molecule has 2 aromatic heterocycles. The molecule has 4 nitrogen and oxygen atoms in total. The third kappa shape index (κ3) is 3.81. The molecule has 0 spiro atoms. The predicted molar refractivity (Wildman–Crippen MR) is 108 cm³/mol. The topological polar surface area (TPSA) is 62.8 Å². The molecule has 0 atom stereocenters. The number of hydrogen-bond donors (Lipinski definition) is 1. The molecule has 1 N–H and O–H groups in total. The van der Waals surface area contributed by atoms with Crippen molar-refractivity contribution in [3.05, 3.63) is 57.7 Å². The standard InChI is InChI=1S/C20H20N2O2S2/c1-11-5-7-15(8-6-11)16-9-25-20(22-16)26-10-17(24)19-12(2)18(14(4)23)13(3)21-19/h5-9,21H,10H2,1-4H3. The number of ketones is 2. The van der Waals surface area contributed by atoms with Gasteiger partial charge in [-0.2, -0.15) is 0 Å². The third-order valence-corrected chi connectivity index (χ3v) is 6.25. The van der Waals surface area contributed by atoms with Crippen LogP contribution in [0.1, 0.15) is 44.6 Å². The number of rotatable bonds is 6. The van der Waals surface area contributed by atoms with Crippen LogP contribution in [0.5, 0.6) is 0 Å². The van der Waals surface area contributed by atoms with Crippen LogP contribution < -0.4 is 0 Å². The van der Waals surface area contributed by atoms with E-state index in [9.17, 15) is 9.59 Å². The normalized spacial score (nSPS) is 10.9. The second-order valence-electron chi connectivity index (χ2n) is 6.26. The van der Waals surface area contributed by atoms with Crippen LogP contribution in [0, 0.1) is 20.8 Å². The Morgan fingerprint density at radius 1 is 1.15 bits per heavy atom. The van der Waals surface area contributed by atoms with Gasteiger partial charge in [0.2, 0.25) is 0 Å². The minimum atomic E-state index is -0.0226. The summed E-state index contributed by atoms with van der Waals surface area (Å²) in [6.45, 7) is 7.22. The highest BCUT2D eigenvalue weighted by molar-refractivity contribution is 8.01. The number of H-pyrrole nitrogens is 1. The van der Waals surface area contributed by atoms with Crippen molar-refractivity contribution in [2.75, 3.05) is 5.75 Å². The van der Waals surface area contributed by atoms with E-state index in [1.807, 2.05) is 19.2 Å². The molecule has 26 heavy (non-hydrogen) atoms. The molecule has 0 aliphatic carbocycles. The van der Waals surface area contributed by atoms with E-state index in [0.717, 1.165) is 26.9 Å². The average molecular weight is 385 g/mol. The molecule has 0 unspecified atom stereocenters. The number of nitrogens with one attached hydrogen (secondary N) is 1. The molecule has 134 valence electrons. The number of aromatic amines is 1. The SMILES string of the molecule is CC(=O)c1c(C)[nH]c(C(=O)CSc2nc(-c3ccc(C)cc3)cs2)c1C. The fourth-order valence-electron chi connectivity index (χ4n) is 2.94. The van der Waals surface area contributed by atoms with Crippen LogP contribution in [0.25, 0.3) is 11.3 Å². The van der Waals surface area contributed by atoms with Crippen molar-refractivity contribution in [1.29, 1.82) is 0 Å². The summed E-state index contributed by atoms with van der Waals surface area (Å²) in [5, 5.41) is 2.01. The largest absolute Gasteiger partial charge is 0.355 e. The average Bonchev–Trinajstić information content (AvgIpc) is 3.18. The van der Waals surface area contributed by atoms with Crippen LogP contribution in [-0.4, -0.2) is 27.3 Å². The lowest BCUT2D eigenvalue weighted by molar-refractivity contribution is 0.101. The van der Waals surface area contributed by atoms with Gasteiger partial charge in [0.15, 0.2) is 15.9 Å². The lowest BCUT2D eigenvalue weighted by atomic mass is 10.1. The van der Waals surface area contributed by atoms with E-state index in [4.69, 9.17) is 0 Å². The molecule has 2 heterocycles. The molecular weight excluding hydrogens is 364 g/mol. The minimum Gasteiger partial charge on any atom is -0.355 e. The number of carbonyl (C=O) groups is 2. The van der Waals surface area contributed by atoms with Crippen LogP contribution in [-0.2, 0) is 0 Å². The molecule has 0 aliphatic rings. The molecule has 3 rings (SSSR count). The Hall–Kier alpha value is -2.18. The highest BCUT2D eigenvalue weighted by Gasteiger charge is 2.20. The fourth-order valence-corrected chi connectivity index (χ4v) is 4.64. The Labute approximate surface area is 161 Å². The molecule has 0 fully saturated rings. The Morgan fingerprint density at radius 3 is 2.46 bits per heavy atom. The fraction of sp³-hybridized carbons (Fsp3) is 0.250. The highest BCUT2D eigenvalue weighted by Crippen LogP contribution is 2.29. The second kappa shape index (κ2) is 7.60. The van der Waals surface area contributed by atoms with Crippen molar-refractivity contribution in [1.82, 2.24) is 9.97 Å². The van der Waals surface area contributed by atoms with Gasteiger partial charge in [0.1, 0.15) is 0 Å². The van der Waals surface area contributed by atoms with Crippen LogP contribution in [0.15, 0.2) is 34.0 Å². The predicted octanol–water partition coefficient (Wildman–Crippen LogP) is 5.24. The maximum absolute atomic E-state index is 12.6. The summed E-state index contributed by atoms with van der Waals surface area (Å²) in [5.41, 5.74) is 5.84. The van der Waals surface area contributed by atoms with E-state index >= 15 is 0 Å². The first-order valence-corrected chi connectivity index (χ1v) is 10.1. The number of nitrogens with zero attached hydrogens (tertiary/aromatic N) is 1. The molecule has 0 bridgehead atoms. The van der Waals surface area contributed by atoms with E-state index in [-0.39, 0.29) is 11.6 Å². The van der Waals surface area contributed by atoms with Crippen LogP contribution in [0.3, 0.4) is 0 Å². The highest BCUT2D eigenvalue weighted by atomic mass is 32.2. The first-order chi connectivity index (χ1) is 12.4. The molecule has 3 aromatic rings. The van der Waals surface area contributed by atoms with Crippen LogP contribution >= 0.6 is 23.1 Å². The van der Waals surface area contributed by atoms with Gasteiger partial charge in [-0.3, -0.25) is 9.59 Å². The maximum atomic E-state index is 12.6. The zero-order chi connectivity index (χ0) is 18.8. The number of carbonyl (C=O) groups excluding carboxylic acids is 2. The molecule has 0 saturated carbocycles. The number of benzene rings is 1. The molecule has 0 aliphatic heterocycles. The summed E-state index contributed by atoms with van der Waals surface area (Å²) in [5.74, 6) is 0.250. The van der Waals surface area contributed by atoms with Crippen molar-refractivity contribution in [3.63, 3.8) is 0 Å². The first kappa shape index (κ1) is 18.6. The van der Waals surface area contributed by atoms with Gasteiger partial charge in [-0.25, -0.2) is 4.98 Å². The van der Waals surface area contributed by atoms with Gasteiger partial charge in [0, 0.05) is 22.2 Å². The summed E-state index contributed by atoms with van der Waals surface area (Å²) < 4.78 is 0.863. The van der Waals surface area contributed by atoms with E-state index in [2.05, 4.69) is 41.2 Å². The van der Waals surface area contributed by atoms with Crippen molar-refractivity contribution in [3.8, 4) is 11.3 Å². The van der Waals surface area contributed by atoms with Crippen molar-refractivity contribution in [2.45, 2.75) is 32.0 Å². The van der Waals surface area contributed by atoms with Crippen molar-refractivity contribution < 1.29 is 9.59 Å². The quantitative estimate of drug-likeness (QED) is 0.466. The molecule has 1 aromatic carbocycles. The Balaban J connectivity index is 1.70. The van der Waals surface area contributed by atoms with E-state index in [1.165, 1.54) is 35.6 Å². The van der Waals surface area contributed by atoms with E-state index < -0.39 is 0 Å². The summed E-state index contributed by atoms with van der Waals surface area (Å²) in [4.78, 5) is 32.0. The lowest BCUT2D eigenvalue weighted by Crippen LogP contribution is -2.05. The van der Waals surface area contributed by atoms with Crippen LogP contribution in [0.4, 0.5) is 0 Å². The number of hydrogen-bond acceptors (Lipinski definition) is 5. The second-order valence-corrected chi connectivity index (χ2v) is 8.34. The minimum absolute atomic E-state index is 0.0183. The molecule has 0 saturated heterocycles. The number of thioether (sulfide) groups is 1. The molecule has 0 amide bonds. The van der Waals surface area contributed by atoms with E-state index in [0.29, 0.717) is 17.0 Å². The smallest absolute Gasteiger partial charge is 0.189 e. The van der Waals surface area contributed by atoms with Gasteiger partial charge >= 0.3 is 0 Å². The van der Waals surface area contributed by atoms with Gasteiger partial charge in [0.05, 0.1) is 17.1 Å². The summed E-state index contributed by atoms with van der Waals surface area (Å²) in [6, 6.07) is 8.23. The maximum Gasteiger partial charge on any atom is 0.189 e. The van der Waals surface area contributed by atoms with Gasteiger partial charge in [0.25, 0.3) is 0 Å². The number of Topliss-reactive ketones (excluding diaryl/α,β-unsaturated/α-hetero) is 2. The molecule has 6 heteroatoms. The van der Waals surface area contributed by atoms with Gasteiger partial charge in [-0.05, 0) is 33.3 Å². The Bertz CT molecular complexity index is 968. The number of aryl methyl sites for hydroxylation is 2. The summed E-state index contributed by atoms with van der Waals surface area (Å²) >= 11 is 2.97. The first-order valence-electron chi connectivity index (χ1n) is 8.25. The zero-order valence-electron chi connectivity index (χ0n) is 15.2. The summed E-state index contributed by atoms with van der Waals surface area (Å²) in [7, 11) is 0. The third-order valence-electron chi connectivity index (χ3n) is 4.23. The van der Waals surface area contributed by atoms with Gasteiger partial charge in [-0.15, -0.1) is 11.3 Å². The van der Waals surface area contributed by atoms with Crippen LogP contribution in [0.2, 0.25) is 0 Å². The van der Waals surface area contributed by atoms with Gasteiger partial charge in [-0.1, -0.05) is 41.6 Å². The Kier molecular flexibility index (Phi) is 5.44. The lowest BCUT2D eigenvalue weighted by Gasteiger charge is -2.00. The monoisotopic (exact) mass is 384 g/mol.